The summed E-state index contributed by atoms with van der Waals surface area (Å²) in [5.41, 5.74) is 0. The summed E-state index contributed by atoms with van der Waals surface area (Å²) in [6.45, 7) is 2.22. The van der Waals surface area contributed by atoms with Crippen molar-refractivity contribution in [3.8, 4) is 5.75 Å². The summed E-state index contributed by atoms with van der Waals surface area (Å²) in [6.07, 6.45) is 10.5. The average molecular weight is 355 g/mol. The van der Waals surface area contributed by atoms with E-state index in [0.717, 1.165) is 12.8 Å². The third-order valence-corrected chi connectivity index (χ3v) is 4.70. The average Bonchev–Trinajstić information content (AvgIpc) is 2.46. The van der Waals surface area contributed by atoms with Crippen molar-refractivity contribution in [2.75, 3.05) is 5.75 Å². The van der Waals surface area contributed by atoms with E-state index >= 15 is 0 Å². The van der Waals surface area contributed by atoms with Gasteiger partial charge in [-0.2, -0.15) is 8.42 Å². The first-order valence-electron chi connectivity index (χ1n) is 8.11. The normalized spacial score (nSPS) is 11.0. The molecule has 22 heavy (non-hydrogen) atoms. The number of hydrogen-bond donors (Lipinski definition) is 0. The third kappa shape index (κ3) is 11.8. The van der Waals surface area contributed by atoms with Crippen LogP contribution in [0.5, 0.6) is 5.75 Å². The van der Waals surface area contributed by atoms with E-state index in [1.165, 1.54) is 38.5 Å². The Kier molecular flexibility index (Phi) is 13.8. The van der Waals surface area contributed by atoms with Gasteiger partial charge in [0, 0.05) is 0 Å². The Labute approximate surface area is 166 Å². The maximum atomic E-state index is 11.8. The molecule has 0 bridgehead atoms. The van der Waals surface area contributed by atoms with Gasteiger partial charge in [-0.05, 0) is 18.6 Å². The van der Waals surface area contributed by atoms with Crippen molar-refractivity contribution in [1.82, 2.24) is 0 Å². The van der Waals surface area contributed by atoms with Gasteiger partial charge in [0.05, 0.1) is 5.75 Å². The van der Waals surface area contributed by atoms with E-state index in [9.17, 15) is 8.42 Å². The fourth-order valence-corrected chi connectivity index (χ4v) is 3.30. The number of para-hydroxylation sites is 1. The molecule has 0 spiro atoms. The van der Waals surface area contributed by atoms with Crippen LogP contribution in [0.2, 0.25) is 0 Å². The first-order valence-corrected chi connectivity index (χ1v) is 9.69. The van der Waals surface area contributed by atoms with Crippen LogP contribution in [0.4, 0.5) is 0 Å². The molecule has 1 rings (SSSR count). The standard InChI is InChI=1S/C17H28O3S.Ca.2H/c1-2-3-4-5-6-7-8-9-13-16-21(18,19)20-17-14-11-10-12-15-17;;;/h10-12,14-15H,2-9,13,16H2,1H3;;;. The molecule has 5 heteroatoms. The molecule has 0 saturated carbocycles. The summed E-state index contributed by atoms with van der Waals surface area (Å²) in [6, 6.07) is 8.69. The summed E-state index contributed by atoms with van der Waals surface area (Å²) in [5, 5.41) is 0. The zero-order valence-corrected chi connectivity index (χ0v) is 13.9. The van der Waals surface area contributed by atoms with Crippen molar-refractivity contribution in [3.63, 3.8) is 0 Å². The van der Waals surface area contributed by atoms with E-state index in [0.29, 0.717) is 12.2 Å². The summed E-state index contributed by atoms with van der Waals surface area (Å²) in [7, 11) is -3.44. The Morgan fingerprint density at radius 3 is 1.86 bits per heavy atom. The summed E-state index contributed by atoms with van der Waals surface area (Å²) >= 11 is 0. The maximum absolute atomic E-state index is 11.8. The molecule has 0 atom stereocenters. The van der Waals surface area contributed by atoms with Gasteiger partial charge in [0.15, 0.2) is 0 Å². The van der Waals surface area contributed by atoms with Crippen molar-refractivity contribution < 1.29 is 12.6 Å². The van der Waals surface area contributed by atoms with Gasteiger partial charge in [0.25, 0.3) is 0 Å². The van der Waals surface area contributed by atoms with Crippen LogP contribution in [0.25, 0.3) is 0 Å². The Hall–Kier alpha value is 0.230. The van der Waals surface area contributed by atoms with E-state index in [-0.39, 0.29) is 43.5 Å². The van der Waals surface area contributed by atoms with Gasteiger partial charge in [-0.3, -0.25) is 0 Å². The van der Waals surface area contributed by atoms with Gasteiger partial charge in [-0.15, -0.1) is 0 Å². The monoisotopic (exact) mass is 354 g/mol. The quantitative estimate of drug-likeness (QED) is 0.324. The van der Waals surface area contributed by atoms with Crippen LogP contribution in [-0.4, -0.2) is 51.9 Å². The van der Waals surface area contributed by atoms with Crippen LogP contribution in [0.15, 0.2) is 30.3 Å². The molecule has 0 aliphatic rings. The van der Waals surface area contributed by atoms with Crippen molar-refractivity contribution in [2.24, 2.45) is 0 Å². The van der Waals surface area contributed by atoms with Crippen molar-refractivity contribution >= 4 is 47.9 Å². The van der Waals surface area contributed by atoms with Crippen molar-refractivity contribution in [3.05, 3.63) is 30.3 Å². The van der Waals surface area contributed by atoms with E-state index < -0.39 is 10.1 Å². The fraction of sp³-hybridized carbons (Fsp3) is 0.647. The molecule has 0 unspecified atom stereocenters. The Morgan fingerprint density at radius 1 is 0.818 bits per heavy atom. The van der Waals surface area contributed by atoms with Crippen LogP contribution in [0.1, 0.15) is 64.7 Å². The molecule has 0 aliphatic heterocycles. The van der Waals surface area contributed by atoms with Gasteiger partial charge < -0.3 is 4.18 Å². The molecule has 1 aromatic rings. The topological polar surface area (TPSA) is 43.4 Å². The number of hydrogen-bond acceptors (Lipinski definition) is 3. The van der Waals surface area contributed by atoms with Crippen molar-refractivity contribution in [1.29, 1.82) is 0 Å². The molecule has 3 nitrogen and oxygen atoms in total. The van der Waals surface area contributed by atoms with E-state index in [2.05, 4.69) is 6.92 Å². The molecular formula is C17H30CaO3S. The molecule has 0 N–H and O–H groups in total. The second kappa shape index (κ2) is 13.6. The second-order valence-electron chi connectivity index (χ2n) is 5.49. The molecule has 0 saturated heterocycles. The van der Waals surface area contributed by atoms with Gasteiger partial charge in [-0.1, -0.05) is 76.5 Å². The third-order valence-electron chi connectivity index (χ3n) is 3.46. The van der Waals surface area contributed by atoms with Crippen LogP contribution < -0.4 is 4.18 Å². The zero-order chi connectivity index (χ0) is 15.4. The predicted octanol–water partition coefficient (Wildman–Crippen LogP) is 4.01. The fourth-order valence-electron chi connectivity index (χ4n) is 2.25. The van der Waals surface area contributed by atoms with Crippen LogP contribution >= 0.6 is 0 Å². The van der Waals surface area contributed by atoms with Gasteiger partial charge in [0.2, 0.25) is 0 Å². The van der Waals surface area contributed by atoms with Crippen LogP contribution in [0, 0.1) is 0 Å². The Morgan fingerprint density at radius 2 is 1.32 bits per heavy atom. The molecule has 1 aromatic carbocycles. The summed E-state index contributed by atoms with van der Waals surface area (Å²) in [4.78, 5) is 0. The summed E-state index contributed by atoms with van der Waals surface area (Å²) in [5.74, 6) is 0.506. The Balaban J connectivity index is 0.00000441. The molecule has 0 heterocycles. The van der Waals surface area contributed by atoms with E-state index in [1.54, 1.807) is 24.3 Å². The first-order chi connectivity index (χ1) is 10.1. The molecular weight excluding hydrogens is 324 g/mol. The molecule has 124 valence electrons. The predicted molar refractivity (Wildman–Crippen MR) is 96.6 cm³/mol. The second-order valence-corrected chi connectivity index (χ2v) is 7.18. The summed E-state index contributed by atoms with van der Waals surface area (Å²) < 4.78 is 28.6. The minimum atomic E-state index is -3.44. The van der Waals surface area contributed by atoms with Crippen molar-refractivity contribution in [2.45, 2.75) is 64.7 Å². The van der Waals surface area contributed by atoms with Crippen LogP contribution in [0.3, 0.4) is 0 Å². The number of benzene rings is 1. The minimum absolute atomic E-state index is 0. The van der Waals surface area contributed by atoms with Gasteiger partial charge in [-0.25, -0.2) is 0 Å². The van der Waals surface area contributed by atoms with Gasteiger partial charge in [0.1, 0.15) is 5.75 Å². The van der Waals surface area contributed by atoms with Gasteiger partial charge >= 0.3 is 47.9 Å². The van der Waals surface area contributed by atoms with Crippen LogP contribution in [-0.2, 0) is 10.1 Å². The number of unbranched alkanes of at least 4 members (excludes halogenated alkanes) is 8. The molecule has 0 radical (unpaired) electrons. The Bertz CT molecular complexity index is 460. The molecule has 0 aliphatic carbocycles. The molecule has 0 fully saturated rings. The first kappa shape index (κ1) is 22.2. The zero-order valence-electron chi connectivity index (χ0n) is 13.1. The van der Waals surface area contributed by atoms with E-state index in [1.807, 2.05) is 6.07 Å². The molecule has 0 aromatic heterocycles. The number of rotatable bonds is 12. The SMILES string of the molecule is CCCCCCCCCCCS(=O)(=O)Oc1ccccc1.[CaH2]. The van der Waals surface area contributed by atoms with E-state index in [4.69, 9.17) is 4.18 Å². The molecule has 0 amide bonds.